The number of rotatable bonds is 11. The number of hydrogen-bond acceptors (Lipinski definition) is 3. The van der Waals surface area contributed by atoms with E-state index in [4.69, 9.17) is 5.73 Å². The van der Waals surface area contributed by atoms with E-state index in [2.05, 4.69) is 4.90 Å². The zero-order valence-electron chi connectivity index (χ0n) is 17.5. The molecule has 1 amide bonds. The molecule has 0 saturated carbocycles. The Morgan fingerprint density at radius 1 is 0.967 bits per heavy atom. The maximum Gasteiger partial charge on any atom is 0.232 e. The molecule has 1 fully saturated rings. The van der Waals surface area contributed by atoms with Gasteiger partial charge in [-0.15, -0.1) is 12.4 Å². The maximum absolute atomic E-state index is 13.1. The van der Waals surface area contributed by atoms with E-state index in [0.717, 1.165) is 69.2 Å². The van der Waals surface area contributed by atoms with Gasteiger partial charge in [0.05, 0.1) is 0 Å². The van der Waals surface area contributed by atoms with Crippen molar-refractivity contribution in [3.63, 3.8) is 0 Å². The summed E-state index contributed by atoms with van der Waals surface area (Å²) in [5, 5.41) is 0. The van der Waals surface area contributed by atoms with E-state index in [1.807, 2.05) is 60.7 Å². The lowest BCUT2D eigenvalue weighted by molar-refractivity contribution is -0.123. The predicted molar refractivity (Wildman–Crippen MR) is 124 cm³/mol. The van der Waals surface area contributed by atoms with Crippen LogP contribution in [0, 0.1) is 5.92 Å². The summed E-state index contributed by atoms with van der Waals surface area (Å²) in [4.78, 5) is 25.9. The first kappa shape index (κ1) is 24.1. The molecule has 0 radical (unpaired) electrons. The number of nitrogens with two attached hydrogens (primary N) is 1. The number of amides is 1. The van der Waals surface area contributed by atoms with Crippen molar-refractivity contribution in [2.45, 2.75) is 43.9 Å². The molecular formula is C25H33ClN2O2. The monoisotopic (exact) mass is 428 g/mol. The molecule has 1 aliphatic rings. The number of likely N-dealkylation sites (tertiary alicyclic amines) is 1. The van der Waals surface area contributed by atoms with Crippen molar-refractivity contribution in [2.75, 3.05) is 19.6 Å². The van der Waals surface area contributed by atoms with Crippen LogP contribution >= 0.6 is 12.4 Å². The van der Waals surface area contributed by atoms with Gasteiger partial charge in [-0.25, -0.2) is 0 Å². The van der Waals surface area contributed by atoms with E-state index in [0.29, 0.717) is 6.42 Å². The molecule has 30 heavy (non-hydrogen) atoms. The first-order chi connectivity index (χ1) is 14.2. The van der Waals surface area contributed by atoms with Gasteiger partial charge in [-0.3, -0.25) is 4.79 Å². The number of primary amides is 1. The van der Waals surface area contributed by atoms with Gasteiger partial charge in [-0.2, -0.15) is 0 Å². The Morgan fingerprint density at radius 2 is 1.53 bits per heavy atom. The number of hydrogen-bond donors (Lipinski definition) is 1. The molecule has 0 aliphatic carbocycles. The minimum atomic E-state index is -0.804. The number of halogens is 1. The lowest BCUT2D eigenvalue weighted by Gasteiger charge is -2.37. The number of carbonyl (C=O) groups is 2. The lowest BCUT2D eigenvalue weighted by Crippen LogP contribution is -2.49. The summed E-state index contributed by atoms with van der Waals surface area (Å²) >= 11 is 0. The highest BCUT2D eigenvalue weighted by Gasteiger charge is 2.49. The van der Waals surface area contributed by atoms with Crippen molar-refractivity contribution in [3.8, 4) is 0 Å². The summed E-state index contributed by atoms with van der Waals surface area (Å²) in [6.07, 6.45) is 6.99. The van der Waals surface area contributed by atoms with Crippen LogP contribution in [-0.2, 0) is 15.0 Å². The Bertz CT molecular complexity index is 743. The molecule has 1 atom stereocenters. The second-order valence-electron chi connectivity index (χ2n) is 8.06. The fourth-order valence-electron chi connectivity index (χ4n) is 4.83. The Labute approximate surface area is 186 Å². The Balaban J connectivity index is 0.00000320. The Hall–Kier alpha value is -2.17. The van der Waals surface area contributed by atoms with E-state index >= 15 is 0 Å². The van der Waals surface area contributed by atoms with Crippen molar-refractivity contribution in [3.05, 3.63) is 71.8 Å². The van der Waals surface area contributed by atoms with Crippen molar-refractivity contribution in [1.82, 2.24) is 4.90 Å². The molecule has 2 aromatic rings. The van der Waals surface area contributed by atoms with Crippen LogP contribution in [0.25, 0.3) is 0 Å². The summed E-state index contributed by atoms with van der Waals surface area (Å²) in [5.41, 5.74) is 7.31. The van der Waals surface area contributed by atoms with Crippen LogP contribution < -0.4 is 5.73 Å². The maximum atomic E-state index is 13.1. The van der Waals surface area contributed by atoms with Crippen LogP contribution in [0.1, 0.15) is 49.7 Å². The summed E-state index contributed by atoms with van der Waals surface area (Å²) in [5.74, 6) is -0.115. The average molecular weight is 429 g/mol. The van der Waals surface area contributed by atoms with Crippen LogP contribution in [0.15, 0.2) is 60.7 Å². The van der Waals surface area contributed by atoms with Gasteiger partial charge in [-0.05, 0) is 49.4 Å². The minimum Gasteiger partial charge on any atom is -0.369 e. The van der Waals surface area contributed by atoms with Crippen molar-refractivity contribution in [1.29, 1.82) is 0 Å². The first-order valence-electron chi connectivity index (χ1n) is 10.8. The highest BCUT2D eigenvalue weighted by atomic mass is 35.5. The van der Waals surface area contributed by atoms with Crippen LogP contribution in [0.4, 0.5) is 0 Å². The van der Waals surface area contributed by atoms with Crippen LogP contribution in [0.2, 0.25) is 0 Å². The van der Waals surface area contributed by atoms with E-state index < -0.39 is 5.41 Å². The van der Waals surface area contributed by atoms with Crippen molar-refractivity contribution in [2.24, 2.45) is 11.7 Å². The van der Waals surface area contributed by atoms with Gasteiger partial charge >= 0.3 is 0 Å². The fraction of sp³-hybridized carbons (Fsp3) is 0.440. The van der Waals surface area contributed by atoms with Gasteiger partial charge in [0.25, 0.3) is 0 Å². The topological polar surface area (TPSA) is 63.4 Å². The molecule has 0 aromatic heterocycles. The van der Waals surface area contributed by atoms with E-state index in [1.165, 1.54) is 0 Å². The highest BCUT2D eigenvalue weighted by molar-refractivity contribution is 5.91. The molecule has 1 heterocycles. The number of carbonyl (C=O) groups excluding carboxylic acids is 2. The number of benzene rings is 2. The van der Waals surface area contributed by atoms with Crippen molar-refractivity contribution < 1.29 is 9.59 Å². The number of nitrogens with zero attached hydrogens (tertiary/aromatic N) is 1. The highest BCUT2D eigenvalue weighted by Crippen LogP contribution is 2.43. The first-order valence-corrected chi connectivity index (χ1v) is 10.8. The second kappa shape index (κ2) is 11.9. The Kier molecular flexibility index (Phi) is 9.54. The molecule has 5 heteroatoms. The average Bonchev–Trinajstić information content (AvgIpc) is 3.21. The molecule has 4 nitrogen and oxygen atoms in total. The fourth-order valence-corrected chi connectivity index (χ4v) is 4.83. The van der Waals surface area contributed by atoms with E-state index in [1.54, 1.807) is 0 Å². The van der Waals surface area contributed by atoms with Crippen LogP contribution in [-0.4, -0.2) is 36.7 Å². The molecular weight excluding hydrogens is 396 g/mol. The summed E-state index contributed by atoms with van der Waals surface area (Å²) in [6.45, 7) is 2.91. The summed E-state index contributed by atoms with van der Waals surface area (Å²) in [7, 11) is 0. The zero-order chi connectivity index (χ0) is 20.5. The van der Waals surface area contributed by atoms with Gasteiger partial charge in [-0.1, -0.05) is 73.5 Å². The molecule has 0 bridgehead atoms. The smallest absolute Gasteiger partial charge is 0.232 e. The normalized spacial score (nSPS) is 16.7. The molecule has 162 valence electrons. The third kappa shape index (κ3) is 5.30. The molecule has 2 aromatic carbocycles. The molecule has 1 unspecified atom stereocenters. The third-order valence-electron chi connectivity index (χ3n) is 6.28. The predicted octanol–water partition coefficient (Wildman–Crippen LogP) is 4.35. The van der Waals surface area contributed by atoms with Gasteiger partial charge < -0.3 is 15.4 Å². The quantitative estimate of drug-likeness (QED) is 0.427. The third-order valence-corrected chi connectivity index (χ3v) is 6.28. The van der Waals surface area contributed by atoms with Gasteiger partial charge in [0, 0.05) is 13.0 Å². The molecule has 0 spiro atoms. The van der Waals surface area contributed by atoms with Crippen LogP contribution in [0.5, 0.6) is 0 Å². The largest absolute Gasteiger partial charge is 0.369 e. The summed E-state index contributed by atoms with van der Waals surface area (Å²) < 4.78 is 0. The standard InChI is InChI=1S/C25H32N2O2.ClH/c26-24(29)25(21-12-6-4-7-13-21,22-14-8-5-9-15-22)23-16-18-27(20-23)17-10-2-1-3-11-19-28;/h4-9,12-15,19,23H,1-3,10-11,16-18,20H2,(H2,26,29);1H. The zero-order valence-corrected chi connectivity index (χ0v) is 18.4. The summed E-state index contributed by atoms with van der Waals surface area (Å²) in [6, 6.07) is 20.0. The second-order valence-corrected chi connectivity index (χ2v) is 8.06. The SMILES string of the molecule is Cl.NC(=O)C(c1ccccc1)(c1ccccc1)C1CCN(CCCCCCC=O)C1. The van der Waals surface area contributed by atoms with Gasteiger partial charge in [0.15, 0.2) is 0 Å². The van der Waals surface area contributed by atoms with Crippen molar-refractivity contribution >= 4 is 24.6 Å². The molecule has 1 saturated heterocycles. The molecule has 1 aliphatic heterocycles. The van der Waals surface area contributed by atoms with E-state index in [-0.39, 0.29) is 24.2 Å². The molecule has 2 N–H and O–H groups in total. The van der Waals surface area contributed by atoms with Gasteiger partial charge in [0.2, 0.25) is 5.91 Å². The molecule has 3 rings (SSSR count). The lowest BCUT2D eigenvalue weighted by atomic mass is 9.64. The number of unbranched alkanes of at least 4 members (excludes halogenated alkanes) is 4. The Morgan fingerprint density at radius 3 is 2.07 bits per heavy atom. The van der Waals surface area contributed by atoms with Gasteiger partial charge in [0.1, 0.15) is 11.7 Å². The van der Waals surface area contributed by atoms with Crippen LogP contribution in [0.3, 0.4) is 0 Å². The number of aldehydes is 1. The minimum absolute atomic E-state index is 0. The van der Waals surface area contributed by atoms with E-state index in [9.17, 15) is 9.59 Å².